The van der Waals surface area contributed by atoms with Crippen molar-refractivity contribution in [2.45, 2.75) is 32.6 Å². The van der Waals surface area contributed by atoms with Gasteiger partial charge in [0.1, 0.15) is 0 Å². The molecule has 0 saturated heterocycles. The molecule has 3 rings (SSSR count). The van der Waals surface area contributed by atoms with Gasteiger partial charge in [-0.1, -0.05) is 0 Å². The first-order valence-electron chi connectivity index (χ1n) is 7.49. The van der Waals surface area contributed by atoms with Crippen molar-refractivity contribution in [1.82, 2.24) is 0 Å². The fraction of sp³-hybridized carbons (Fsp3) is 0.438. The van der Waals surface area contributed by atoms with E-state index in [0.717, 1.165) is 36.2 Å². The molecule has 2 amide bonds. The lowest BCUT2D eigenvalue weighted by Gasteiger charge is -2.26. The van der Waals surface area contributed by atoms with Crippen LogP contribution in [0.3, 0.4) is 0 Å². The van der Waals surface area contributed by atoms with Crippen LogP contribution < -0.4 is 10.2 Å². The Hall–Kier alpha value is -2.37. The zero-order chi connectivity index (χ0) is 15.9. The van der Waals surface area contributed by atoms with Crippen molar-refractivity contribution < 1.29 is 19.1 Å². The Morgan fingerprint density at radius 2 is 2.18 bits per heavy atom. The summed E-state index contributed by atoms with van der Waals surface area (Å²) in [4.78, 5) is 37.3. The van der Waals surface area contributed by atoms with Crippen molar-refractivity contribution in [3.63, 3.8) is 0 Å². The number of rotatable bonds is 2. The van der Waals surface area contributed by atoms with Gasteiger partial charge in [-0.2, -0.15) is 0 Å². The van der Waals surface area contributed by atoms with E-state index in [1.807, 2.05) is 17.9 Å². The van der Waals surface area contributed by atoms with Crippen LogP contribution in [0.4, 0.5) is 11.4 Å². The molecule has 0 aliphatic carbocycles. The highest BCUT2D eigenvalue weighted by molar-refractivity contribution is 6.37. The molecule has 2 heterocycles. The molecule has 0 fully saturated rings. The fourth-order valence-electron chi connectivity index (χ4n) is 3.15. The van der Waals surface area contributed by atoms with Crippen LogP contribution in [0.1, 0.15) is 37.3 Å². The second-order valence-electron chi connectivity index (χ2n) is 5.56. The van der Waals surface area contributed by atoms with Gasteiger partial charge in [-0.3, -0.25) is 9.59 Å². The molecule has 6 nitrogen and oxygen atoms in total. The third-order valence-corrected chi connectivity index (χ3v) is 4.14. The maximum atomic E-state index is 12.3. The number of nitrogens with one attached hydrogen (secondary N) is 1. The summed E-state index contributed by atoms with van der Waals surface area (Å²) in [6, 6.07) is 3.62. The molecule has 2 aliphatic heterocycles. The number of anilines is 2. The number of nitrogens with zero attached hydrogens (tertiary/aromatic N) is 1. The molecule has 1 aromatic carbocycles. The number of amides is 2. The largest absolute Gasteiger partial charge is 0.459 e. The maximum Gasteiger partial charge on any atom is 0.397 e. The molecule has 1 N–H and O–H groups in total. The lowest BCUT2D eigenvalue weighted by molar-refractivity contribution is -0.152. The highest BCUT2D eigenvalue weighted by Crippen LogP contribution is 2.44. The summed E-state index contributed by atoms with van der Waals surface area (Å²) in [5.74, 6) is -1.81. The summed E-state index contributed by atoms with van der Waals surface area (Å²) in [5, 5.41) is 2.56. The van der Waals surface area contributed by atoms with Crippen LogP contribution in [0.15, 0.2) is 12.1 Å². The van der Waals surface area contributed by atoms with Gasteiger partial charge in [-0.25, -0.2) is 4.79 Å². The highest BCUT2D eigenvalue weighted by Gasteiger charge is 2.38. The Labute approximate surface area is 128 Å². The van der Waals surface area contributed by atoms with Crippen molar-refractivity contribution in [3.05, 3.63) is 23.3 Å². The minimum atomic E-state index is -0.901. The number of carbonyl (C=O) groups excluding carboxylic acids is 3. The average Bonchev–Trinajstić information content (AvgIpc) is 2.74. The lowest BCUT2D eigenvalue weighted by atomic mass is 9.96. The van der Waals surface area contributed by atoms with Crippen molar-refractivity contribution in [2.75, 3.05) is 23.4 Å². The predicted molar refractivity (Wildman–Crippen MR) is 80.8 cm³/mol. The molecule has 22 heavy (non-hydrogen) atoms. The Kier molecular flexibility index (Phi) is 3.60. The van der Waals surface area contributed by atoms with Crippen LogP contribution >= 0.6 is 0 Å². The SMILES string of the molecule is CCOC(=O)C(=O)Nc1cc2c3c(c1)[C@@H](C)C(=O)N3CCC2. The van der Waals surface area contributed by atoms with Crippen molar-refractivity contribution in [2.24, 2.45) is 0 Å². The van der Waals surface area contributed by atoms with Crippen LogP contribution in [0.2, 0.25) is 0 Å². The van der Waals surface area contributed by atoms with E-state index >= 15 is 0 Å². The zero-order valence-electron chi connectivity index (χ0n) is 12.6. The maximum absolute atomic E-state index is 12.3. The van der Waals surface area contributed by atoms with Crippen LogP contribution in [0, 0.1) is 0 Å². The molecule has 0 spiro atoms. The molecule has 0 radical (unpaired) electrons. The van der Waals surface area contributed by atoms with Gasteiger partial charge in [0.25, 0.3) is 0 Å². The predicted octanol–water partition coefficient (Wildman–Crippen LogP) is 1.58. The van der Waals surface area contributed by atoms with Gasteiger partial charge in [0.2, 0.25) is 5.91 Å². The molecule has 0 unspecified atom stereocenters. The molecule has 1 aromatic rings. The van der Waals surface area contributed by atoms with Gasteiger partial charge in [0, 0.05) is 12.2 Å². The van der Waals surface area contributed by atoms with E-state index in [1.54, 1.807) is 13.0 Å². The first-order chi connectivity index (χ1) is 10.5. The second-order valence-corrected chi connectivity index (χ2v) is 5.56. The summed E-state index contributed by atoms with van der Waals surface area (Å²) in [5.41, 5.74) is 3.48. The molecule has 2 aliphatic rings. The normalized spacial score (nSPS) is 18.9. The first kappa shape index (κ1) is 14.6. The quantitative estimate of drug-likeness (QED) is 0.665. The van der Waals surface area contributed by atoms with E-state index in [4.69, 9.17) is 0 Å². The van der Waals surface area contributed by atoms with Gasteiger partial charge in [-0.15, -0.1) is 0 Å². The number of hydrogen-bond donors (Lipinski definition) is 1. The summed E-state index contributed by atoms with van der Waals surface area (Å²) in [6.45, 7) is 4.42. The zero-order valence-corrected chi connectivity index (χ0v) is 12.6. The van der Waals surface area contributed by atoms with Crippen LogP contribution in [-0.4, -0.2) is 30.9 Å². The fourth-order valence-corrected chi connectivity index (χ4v) is 3.15. The Morgan fingerprint density at radius 1 is 1.41 bits per heavy atom. The first-order valence-corrected chi connectivity index (χ1v) is 7.49. The monoisotopic (exact) mass is 302 g/mol. The van der Waals surface area contributed by atoms with Crippen LogP contribution in [-0.2, 0) is 25.5 Å². The van der Waals surface area contributed by atoms with Gasteiger partial charge in [0.05, 0.1) is 18.2 Å². The second kappa shape index (κ2) is 5.44. The molecule has 1 atom stereocenters. The number of benzene rings is 1. The van der Waals surface area contributed by atoms with Crippen LogP contribution in [0.25, 0.3) is 0 Å². The number of esters is 1. The minimum absolute atomic E-state index is 0.102. The molecule has 0 aromatic heterocycles. The number of hydrogen-bond acceptors (Lipinski definition) is 4. The summed E-state index contributed by atoms with van der Waals surface area (Å²) < 4.78 is 4.68. The topological polar surface area (TPSA) is 75.7 Å². The molecular weight excluding hydrogens is 284 g/mol. The van der Waals surface area contributed by atoms with Crippen LogP contribution in [0.5, 0.6) is 0 Å². The molecule has 116 valence electrons. The number of ether oxygens (including phenoxy) is 1. The molecule has 0 bridgehead atoms. The average molecular weight is 302 g/mol. The Balaban J connectivity index is 1.92. The lowest BCUT2D eigenvalue weighted by Crippen LogP contribution is -2.32. The van der Waals surface area contributed by atoms with E-state index in [1.165, 1.54) is 0 Å². The van der Waals surface area contributed by atoms with Gasteiger partial charge >= 0.3 is 11.9 Å². The van der Waals surface area contributed by atoms with E-state index in [0.29, 0.717) is 5.69 Å². The van der Waals surface area contributed by atoms with Gasteiger partial charge in [-0.05, 0) is 49.9 Å². The third-order valence-electron chi connectivity index (χ3n) is 4.14. The minimum Gasteiger partial charge on any atom is -0.459 e. The molecule has 6 heteroatoms. The third kappa shape index (κ3) is 2.24. The van der Waals surface area contributed by atoms with E-state index < -0.39 is 11.9 Å². The number of aryl methyl sites for hydroxylation is 1. The van der Waals surface area contributed by atoms with Crippen molar-refractivity contribution >= 4 is 29.2 Å². The number of carbonyl (C=O) groups is 3. The van der Waals surface area contributed by atoms with Crippen molar-refractivity contribution in [3.8, 4) is 0 Å². The Bertz CT molecular complexity index is 668. The summed E-state index contributed by atoms with van der Waals surface area (Å²) in [6.07, 6.45) is 1.77. The standard InChI is InChI=1S/C16H18N2O4/c1-3-22-16(21)14(19)17-11-7-10-5-4-6-18-13(10)12(8-11)9(2)15(18)20/h7-9H,3-6H2,1-2H3,(H,17,19)/t9-/m1/s1. The van der Waals surface area contributed by atoms with E-state index in [9.17, 15) is 14.4 Å². The summed E-state index contributed by atoms with van der Waals surface area (Å²) in [7, 11) is 0. The van der Waals surface area contributed by atoms with Gasteiger partial charge in [0.15, 0.2) is 0 Å². The van der Waals surface area contributed by atoms with Crippen molar-refractivity contribution in [1.29, 1.82) is 0 Å². The van der Waals surface area contributed by atoms with E-state index in [-0.39, 0.29) is 18.4 Å². The van der Waals surface area contributed by atoms with E-state index in [2.05, 4.69) is 10.1 Å². The van der Waals surface area contributed by atoms with Gasteiger partial charge < -0.3 is 15.0 Å². The summed E-state index contributed by atoms with van der Waals surface area (Å²) >= 11 is 0. The smallest absolute Gasteiger partial charge is 0.397 e. The molecular formula is C16H18N2O4. The highest BCUT2D eigenvalue weighted by atomic mass is 16.5. The molecule has 0 saturated carbocycles. The Morgan fingerprint density at radius 3 is 2.91 bits per heavy atom.